The lowest BCUT2D eigenvalue weighted by Gasteiger charge is -2.08. The molecule has 0 aliphatic rings. The van der Waals surface area contributed by atoms with Crippen molar-refractivity contribution in [1.29, 1.82) is 0 Å². The summed E-state index contributed by atoms with van der Waals surface area (Å²) < 4.78 is 4.45. The summed E-state index contributed by atoms with van der Waals surface area (Å²) in [7, 11) is 1.25. The van der Waals surface area contributed by atoms with Gasteiger partial charge in [0.1, 0.15) is 5.69 Å². The fourth-order valence-electron chi connectivity index (χ4n) is 2.62. The molecule has 0 spiro atoms. The summed E-state index contributed by atoms with van der Waals surface area (Å²) in [4.78, 5) is 30.9. The number of esters is 1. The van der Waals surface area contributed by atoms with Crippen molar-refractivity contribution in [2.45, 2.75) is 13.0 Å². The molecule has 1 atom stereocenters. The van der Waals surface area contributed by atoms with E-state index in [4.69, 9.17) is 0 Å². The number of ether oxygens (including phenoxy) is 1. The maximum atomic E-state index is 12.3. The molecule has 1 aromatic carbocycles. The SMILES string of the molecule is COC(=O)/C=C/NC(=O)c1cc2c([nH]c3ccccc32)c([C@@H](C)O)n1. The summed E-state index contributed by atoms with van der Waals surface area (Å²) >= 11 is 0. The molecule has 25 heavy (non-hydrogen) atoms. The van der Waals surface area contributed by atoms with Gasteiger partial charge in [0.25, 0.3) is 5.91 Å². The van der Waals surface area contributed by atoms with Crippen molar-refractivity contribution in [3.8, 4) is 0 Å². The van der Waals surface area contributed by atoms with E-state index in [1.807, 2.05) is 24.3 Å². The second kappa shape index (κ2) is 6.74. The largest absolute Gasteiger partial charge is 0.466 e. The van der Waals surface area contributed by atoms with Crippen LogP contribution in [0.4, 0.5) is 0 Å². The predicted octanol–water partition coefficient (Wildman–Crippen LogP) is 2.19. The first-order chi connectivity index (χ1) is 12.0. The topological polar surface area (TPSA) is 104 Å². The van der Waals surface area contributed by atoms with E-state index in [2.05, 4.69) is 20.0 Å². The van der Waals surface area contributed by atoms with E-state index in [9.17, 15) is 14.7 Å². The van der Waals surface area contributed by atoms with Gasteiger partial charge in [-0.25, -0.2) is 9.78 Å². The second-order valence-corrected chi connectivity index (χ2v) is 5.49. The molecule has 0 saturated carbocycles. The Balaban J connectivity index is 2.06. The van der Waals surface area contributed by atoms with Crippen molar-refractivity contribution < 1.29 is 19.4 Å². The molecular formula is C18H17N3O4. The number of carbonyl (C=O) groups is 2. The summed E-state index contributed by atoms with van der Waals surface area (Å²) in [5, 5.41) is 14.2. The third-order valence-corrected chi connectivity index (χ3v) is 3.79. The van der Waals surface area contributed by atoms with Crippen molar-refractivity contribution in [3.63, 3.8) is 0 Å². The van der Waals surface area contributed by atoms with E-state index in [-0.39, 0.29) is 5.69 Å². The molecule has 0 fully saturated rings. The highest BCUT2D eigenvalue weighted by Gasteiger charge is 2.17. The quantitative estimate of drug-likeness (QED) is 0.499. The smallest absolute Gasteiger partial charge is 0.331 e. The number of hydrogen-bond acceptors (Lipinski definition) is 5. The minimum absolute atomic E-state index is 0.141. The number of rotatable bonds is 4. The fourth-order valence-corrected chi connectivity index (χ4v) is 2.62. The van der Waals surface area contributed by atoms with Crippen LogP contribution >= 0.6 is 0 Å². The maximum absolute atomic E-state index is 12.3. The fraction of sp³-hybridized carbons (Fsp3) is 0.167. The van der Waals surface area contributed by atoms with Crippen LogP contribution in [0, 0.1) is 0 Å². The zero-order valence-electron chi connectivity index (χ0n) is 13.7. The number of carbonyl (C=O) groups excluding carboxylic acids is 2. The number of aliphatic hydroxyl groups is 1. The standard InChI is InChI=1S/C18H17N3O4/c1-10(22)16-17-12(11-5-3-4-6-13(11)20-17)9-14(21-16)18(24)19-8-7-15(23)25-2/h3-10,20,22H,1-2H3,(H,19,24)/b8-7+/t10-/m1/s1. The molecule has 0 aliphatic heterocycles. The molecule has 7 nitrogen and oxygen atoms in total. The summed E-state index contributed by atoms with van der Waals surface area (Å²) in [6, 6.07) is 9.30. The Kier molecular flexibility index (Phi) is 4.49. The summed E-state index contributed by atoms with van der Waals surface area (Å²) in [6.07, 6.45) is 1.43. The number of pyridine rings is 1. The van der Waals surface area contributed by atoms with Gasteiger partial charge in [-0.1, -0.05) is 18.2 Å². The Labute approximate surface area is 143 Å². The van der Waals surface area contributed by atoms with Crippen molar-refractivity contribution in [1.82, 2.24) is 15.3 Å². The molecule has 7 heteroatoms. The van der Waals surface area contributed by atoms with Crippen LogP contribution in [0.3, 0.4) is 0 Å². The van der Waals surface area contributed by atoms with Gasteiger partial charge in [-0.15, -0.1) is 0 Å². The number of aromatic nitrogens is 2. The van der Waals surface area contributed by atoms with Crippen molar-refractivity contribution in [3.05, 3.63) is 54.0 Å². The van der Waals surface area contributed by atoms with Crippen molar-refractivity contribution in [2.24, 2.45) is 0 Å². The molecule has 2 heterocycles. The molecule has 1 amide bonds. The van der Waals surface area contributed by atoms with E-state index < -0.39 is 18.0 Å². The number of fused-ring (bicyclic) bond motifs is 3. The third-order valence-electron chi connectivity index (χ3n) is 3.79. The molecular weight excluding hydrogens is 322 g/mol. The van der Waals surface area contributed by atoms with Crippen LogP contribution in [-0.2, 0) is 9.53 Å². The molecule has 0 aliphatic carbocycles. The summed E-state index contributed by atoms with van der Waals surface area (Å²) in [5.74, 6) is -1.07. The van der Waals surface area contributed by atoms with E-state index in [1.165, 1.54) is 13.3 Å². The van der Waals surface area contributed by atoms with Gasteiger partial charge in [0.15, 0.2) is 0 Å². The molecule has 0 saturated heterocycles. The summed E-state index contributed by atoms with van der Waals surface area (Å²) in [6.45, 7) is 1.59. The number of para-hydroxylation sites is 1. The highest BCUT2D eigenvalue weighted by Crippen LogP contribution is 2.30. The Bertz CT molecular complexity index is 989. The van der Waals surface area contributed by atoms with Crippen LogP contribution < -0.4 is 5.32 Å². The van der Waals surface area contributed by atoms with E-state index in [0.717, 1.165) is 22.4 Å². The van der Waals surface area contributed by atoms with Crippen LogP contribution in [0.5, 0.6) is 0 Å². The van der Waals surface area contributed by atoms with Crippen LogP contribution in [-0.4, -0.2) is 34.1 Å². The Hall–Kier alpha value is -3.19. The lowest BCUT2D eigenvalue weighted by atomic mass is 10.1. The van der Waals surface area contributed by atoms with E-state index in [1.54, 1.807) is 13.0 Å². The van der Waals surface area contributed by atoms with Gasteiger partial charge in [-0.2, -0.15) is 0 Å². The van der Waals surface area contributed by atoms with Crippen LogP contribution in [0.2, 0.25) is 0 Å². The second-order valence-electron chi connectivity index (χ2n) is 5.49. The number of aliphatic hydroxyl groups excluding tert-OH is 1. The number of hydrogen-bond donors (Lipinski definition) is 3. The van der Waals surface area contributed by atoms with Crippen LogP contribution in [0.1, 0.15) is 29.2 Å². The molecule has 0 unspecified atom stereocenters. The average molecular weight is 339 g/mol. The van der Waals surface area contributed by atoms with Gasteiger partial charge in [0.2, 0.25) is 0 Å². The number of benzene rings is 1. The summed E-state index contributed by atoms with van der Waals surface area (Å²) in [5.41, 5.74) is 2.11. The molecule has 3 aromatic rings. The maximum Gasteiger partial charge on any atom is 0.331 e. The number of methoxy groups -OCH3 is 1. The Morgan fingerprint density at radius 1 is 1.32 bits per heavy atom. The molecule has 3 N–H and O–H groups in total. The van der Waals surface area contributed by atoms with Gasteiger partial charge in [-0.3, -0.25) is 4.79 Å². The first-order valence-electron chi connectivity index (χ1n) is 7.66. The number of H-pyrrole nitrogens is 1. The lowest BCUT2D eigenvalue weighted by Crippen LogP contribution is -2.20. The zero-order chi connectivity index (χ0) is 18.0. The number of nitrogens with zero attached hydrogens (tertiary/aromatic N) is 1. The molecule has 0 bridgehead atoms. The molecule has 3 rings (SSSR count). The van der Waals surface area contributed by atoms with Crippen LogP contribution in [0.25, 0.3) is 21.8 Å². The lowest BCUT2D eigenvalue weighted by molar-refractivity contribution is -0.134. The predicted molar refractivity (Wildman–Crippen MR) is 92.9 cm³/mol. The minimum Gasteiger partial charge on any atom is -0.466 e. The number of nitrogens with one attached hydrogen (secondary N) is 2. The highest BCUT2D eigenvalue weighted by molar-refractivity contribution is 6.10. The number of aromatic amines is 1. The average Bonchev–Trinajstić information content (AvgIpc) is 2.99. The van der Waals surface area contributed by atoms with Gasteiger partial charge in [0.05, 0.1) is 24.4 Å². The Morgan fingerprint density at radius 3 is 2.80 bits per heavy atom. The zero-order valence-corrected chi connectivity index (χ0v) is 13.7. The number of amides is 1. The van der Waals surface area contributed by atoms with Gasteiger partial charge < -0.3 is 20.1 Å². The molecule has 2 aromatic heterocycles. The third kappa shape index (κ3) is 3.22. The minimum atomic E-state index is -0.853. The first kappa shape index (κ1) is 16.7. The van der Waals surface area contributed by atoms with Gasteiger partial charge in [-0.05, 0) is 19.1 Å². The van der Waals surface area contributed by atoms with Gasteiger partial charge in [0, 0.05) is 28.6 Å². The monoisotopic (exact) mass is 339 g/mol. The highest BCUT2D eigenvalue weighted by atomic mass is 16.5. The van der Waals surface area contributed by atoms with Crippen molar-refractivity contribution >= 4 is 33.7 Å². The molecule has 128 valence electrons. The molecule has 0 radical (unpaired) electrons. The Morgan fingerprint density at radius 2 is 2.08 bits per heavy atom. The van der Waals surface area contributed by atoms with E-state index in [0.29, 0.717) is 11.2 Å². The van der Waals surface area contributed by atoms with E-state index >= 15 is 0 Å². The van der Waals surface area contributed by atoms with Gasteiger partial charge >= 0.3 is 5.97 Å². The van der Waals surface area contributed by atoms with Crippen molar-refractivity contribution in [2.75, 3.05) is 7.11 Å². The van der Waals surface area contributed by atoms with Crippen LogP contribution in [0.15, 0.2) is 42.6 Å². The normalized spacial score (nSPS) is 12.6. The first-order valence-corrected chi connectivity index (χ1v) is 7.66.